The fraction of sp³-hybridized carbons (Fsp3) is 0.385. The van der Waals surface area contributed by atoms with Gasteiger partial charge < -0.3 is 14.3 Å². The highest BCUT2D eigenvalue weighted by atomic mass is 32.3. The molecule has 9 rings (SSSR count). The van der Waals surface area contributed by atoms with Crippen molar-refractivity contribution >= 4 is 80.2 Å². The second-order valence-corrected chi connectivity index (χ2v) is 44.1. The molecule has 1 heterocycles. The lowest BCUT2D eigenvalue weighted by molar-refractivity contribution is -0.917. The maximum atomic E-state index is 14.6. The quantitative estimate of drug-likeness (QED) is 0.0322. The van der Waals surface area contributed by atoms with Gasteiger partial charge in [-0.3, -0.25) is 0 Å². The molecule has 0 radical (unpaired) electrons. The molecule has 8 aromatic rings. The smallest absolute Gasteiger partial charge is 0.256 e. The number of aryl methyl sites for hydroxylation is 8. The van der Waals surface area contributed by atoms with Gasteiger partial charge in [0.1, 0.15) is 0 Å². The molecule has 109 heavy (non-hydrogen) atoms. The van der Waals surface area contributed by atoms with E-state index in [0.29, 0.717) is 58.3 Å². The van der Waals surface area contributed by atoms with Gasteiger partial charge in [-0.2, -0.15) is 0 Å². The number of benzene rings is 8. The molecule has 0 spiro atoms. The number of sulfonamides is 8. The summed E-state index contributed by atoms with van der Waals surface area (Å²) in [7, 11) is -37.7. The molecule has 8 aromatic carbocycles. The Balaban J connectivity index is 0.999. The van der Waals surface area contributed by atoms with Gasteiger partial charge in [-0.1, -0.05) is 156 Å². The van der Waals surface area contributed by atoms with Gasteiger partial charge in [0, 0.05) is 65.0 Å². The summed E-state index contributed by atoms with van der Waals surface area (Å²) in [6, 6.07) is 46.8. The zero-order valence-electron chi connectivity index (χ0n) is 63.0. The van der Waals surface area contributed by atoms with Gasteiger partial charge in [-0.05, 0) is 204 Å². The second-order valence-electron chi connectivity index (χ2n) is 28.3. The van der Waals surface area contributed by atoms with Crippen LogP contribution in [0.3, 0.4) is 0 Å². The number of quaternary nitrogens is 1. The number of hydrogen-bond donors (Lipinski definition) is 0. The fourth-order valence-electron chi connectivity index (χ4n) is 13.3. The average Bonchev–Trinajstić information content (AvgIpc) is 0.937. The predicted molar refractivity (Wildman–Crippen MR) is 423 cm³/mol. The summed E-state index contributed by atoms with van der Waals surface area (Å²) in [6.07, 6.45) is 2.59. The van der Waals surface area contributed by atoms with E-state index in [0.717, 1.165) is 70.4 Å². The first-order chi connectivity index (χ1) is 51.3. The van der Waals surface area contributed by atoms with Gasteiger partial charge in [0.05, 0.1) is 65.3 Å². The van der Waals surface area contributed by atoms with Crippen LogP contribution >= 0.6 is 0 Å². The molecule has 0 aromatic heterocycles. The SMILES string of the molecule is Cc1ccc(S(=O)(=O)N(CCCN(CCCN(S(=O)(=O)c2ccc(C)cc2)S(=O)(=O)c2ccc(C)cc2)CCC[N+]2(CCCN(CCCN(S(=O)(=O)c3ccc(C)cc3)S(=O)(=O)c3ccc(C)cc3)CCCN(S(=O)(=O)c3ccc(C)cc3)S(=O)(=O)c3ccc(C)cc3)CCCC2)S(=O)(=O)c2ccc(C)cc2)cc1. The Morgan fingerprint density at radius 1 is 0.211 bits per heavy atom. The Morgan fingerprint density at radius 3 is 0.495 bits per heavy atom. The van der Waals surface area contributed by atoms with Crippen molar-refractivity contribution in [1.82, 2.24) is 24.6 Å². The lowest BCUT2D eigenvalue weighted by atomic mass is 10.2. The first-order valence-electron chi connectivity index (χ1n) is 36.3. The van der Waals surface area contributed by atoms with Crippen molar-refractivity contribution in [3.8, 4) is 0 Å². The number of rotatable bonds is 40. The Labute approximate surface area is 647 Å². The first-order valence-corrected chi connectivity index (χ1v) is 47.8. The Bertz CT molecular complexity index is 4420. The summed E-state index contributed by atoms with van der Waals surface area (Å²) >= 11 is 0. The van der Waals surface area contributed by atoms with Crippen LogP contribution in [0.1, 0.15) is 95.9 Å². The van der Waals surface area contributed by atoms with Crippen LogP contribution in [0, 0.1) is 55.4 Å². The summed E-state index contributed by atoms with van der Waals surface area (Å²) in [4.78, 5) is 2.02. The van der Waals surface area contributed by atoms with Crippen LogP contribution in [-0.4, -0.2) is 188 Å². The van der Waals surface area contributed by atoms with Crippen molar-refractivity contribution in [2.45, 2.75) is 146 Å². The lowest BCUT2D eigenvalue weighted by Crippen LogP contribution is -2.48. The van der Waals surface area contributed by atoms with E-state index in [-0.39, 0.29) is 91.0 Å². The molecule has 0 bridgehead atoms. The highest BCUT2D eigenvalue weighted by Gasteiger charge is 2.42. The third kappa shape index (κ3) is 21.3. The molecular weight excluding hydrogens is 1550 g/mol. The van der Waals surface area contributed by atoms with Gasteiger partial charge in [-0.25, -0.2) is 67.3 Å². The predicted octanol–water partition coefficient (Wildman–Crippen LogP) is 11.3. The highest BCUT2D eigenvalue weighted by molar-refractivity contribution is 8.05. The highest BCUT2D eigenvalue weighted by Crippen LogP contribution is 2.32. The minimum atomic E-state index is -4.71. The Kier molecular flexibility index (Phi) is 28.6. The van der Waals surface area contributed by atoms with Crippen molar-refractivity contribution in [2.24, 2.45) is 0 Å². The largest absolute Gasteiger partial charge is 0.324 e. The van der Waals surface area contributed by atoms with Crippen LogP contribution in [0.25, 0.3) is 0 Å². The van der Waals surface area contributed by atoms with E-state index in [1.165, 1.54) is 97.1 Å². The van der Waals surface area contributed by atoms with E-state index in [1.807, 2.05) is 9.80 Å². The second kappa shape index (κ2) is 36.3. The Hall–Kier alpha value is -6.92. The molecule has 0 aliphatic carbocycles. The molecule has 0 saturated carbocycles. The molecule has 23 nitrogen and oxygen atoms in total. The zero-order valence-corrected chi connectivity index (χ0v) is 69.5. The molecule has 0 unspecified atom stereocenters. The monoisotopic (exact) mass is 1650 g/mol. The van der Waals surface area contributed by atoms with E-state index in [9.17, 15) is 67.3 Å². The standard InChI is InChI=1S/C78H100N7O16S8/c1-63-17-33-71(34-18-63)102(86,87)81(103(88,89)72-35-19-64(2)20-36-72)55-11-49-79(50-12-56-82(104(90,91)73-37-21-65(3)22-38-73)105(92,93)74-39-23-66(4)24-40-74)53-15-61-85(59-9-10-60-85)62-16-54-80(51-13-57-83(106(94,95)75-41-25-67(5)26-42-75)107(96,97)76-43-27-68(6)28-44-76)52-14-58-84(108(98,99)77-45-29-69(7)30-46-77)109(100,101)78-47-31-70(8)32-48-78/h17-48H,9-16,49-62H2,1-8H3/q+1. The Morgan fingerprint density at radius 2 is 0.349 bits per heavy atom. The van der Waals surface area contributed by atoms with Crippen molar-refractivity contribution in [3.63, 3.8) is 0 Å². The molecule has 1 aliphatic rings. The summed E-state index contributed by atoms with van der Waals surface area (Å²) in [5.74, 6) is 0. The van der Waals surface area contributed by atoms with Crippen molar-refractivity contribution in [2.75, 3.05) is 91.6 Å². The van der Waals surface area contributed by atoms with Crippen LogP contribution < -0.4 is 0 Å². The van der Waals surface area contributed by atoms with Crippen molar-refractivity contribution in [1.29, 1.82) is 0 Å². The number of likely N-dealkylation sites (tertiary alicyclic amines) is 1. The molecule has 1 fully saturated rings. The van der Waals surface area contributed by atoms with Crippen LogP contribution in [0.2, 0.25) is 0 Å². The first kappa shape index (κ1) is 86.1. The van der Waals surface area contributed by atoms with E-state index >= 15 is 0 Å². The van der Waals surface area contributed by atoms with Crippen LogP contribution in [0.4, 0.5) is 0 Å². The molecule has 0 amide bonds. The number of hydrogen-bond acceptors (Lipinski definition) is 18. The molecule has 1 aliphatic heterocycles. The summed E-state index contributed by atoms with van der Waals surface area (Å²) < 4.78 is 237. The third-order valence-corrected chi connectivity index (χ3v) is 37.1. The lowest BCUT2D eigenvalue weighted by Gasteiger charge is -2.36. The van der Waals surface area contributed by atoms with E-state index in [4.69, 9.17) is 0 Å². The average molecular weight is 1650 g/mol. The molecule has 1 saturated heterocycles. The van der Waals surface area contributed by atoms with E-state index < -0.39 is 106 Å². The van der Waals surface area contributed by atoms with E-state index in [1.54, 1.807) is 152 Å². The van der Waals surface area contributed by atoms with Crippen molar-refractivity contribution in [3.05, 3.63) is 239 Å². The molecule has 31 heteroatoms. The summed E-state index contributed by atoms with van der Waals surface area (Å²) in [5.41, 5.74) is 5.99. The van der Waals surface area contributed by atoms with Gasteiger partial charge in [0.2, 0.25) is 0 Å². The van der Waals surface area contributed by atoms with Crippen LogP contribution in [0.5, 0.6) is 0 Å². The summed E-state index contributed by atoms with van der Waals surface area (Å²) in [6.45, 7) is 15.9. The molecule has 0 atom stereocenters. The van der Waals surface area contributed by atoms with Crippen LogP contribution in [0.15, 0.2) is 233 Å². The van der Waals surface area contributed by atoms with Gasteiger partial charge >= 0.3 is 0 Å². The minimum Gasteiger partial charge on any atom is -0.324 e. The zero-order chi connectivity index (χ0) is 79.4. The van der Waals surface area contributed by atoms with E-state index in [2.05, 4.69) is 0 Å². The van der Waals surface area contributed by atoms with Gasteiger partial charge in [0.25, 0.3) is 80.2 Å². The normalized spacial score (nSPS) is 14.3. The minimum absolute atomic E-state index is 0.0416. The van der Waals surface area contributed by atoms with Gasteiger partial charge in [0.15, 0.2) is 0 Å². The molecule has 590 valence electrons. The van der Waals surface area contributed by atoms with Crippen molar-refractivity contribution < 1.29 is 71.8 Å². The summed E-state index contributed by atoms with van der Waals surface area (Å²) in [5, 5.41) is 0. The number of nitrogens with zero attached hydrogens (tertiary/aromatic N) is 7. The maximum Gasteiger partial charge on any atom is 0.256 e. The maximum absolute atomic E-state index is 14.6. The molecule has 0 N–H and O–H groups in total. The third-order valence-electron chi connectivity index (χ3n) is 19.7. The molecular formula is C78H100N7O16S8+. The topological polar surface area (TPSA) is 293 Å². The van der Waals surface area contributed by atoms with Crippen LogP contribution in [-0.2, 0) is 80.2 Å². The van der Waals surface area contributed by atoms with Gasteiger partial charge in [-0.15, -0.1) is 0 Å². The fourth-order valence-corrected chi connectivity index (χ4v) is 28.2.